The summed E-state index contributed by atoms with van der Waals surface area (Å²) in [6.45, 7) is 2.16. The number of benzene rings is 1. The third-order valence-corrected chi connectivity index (χ3v) is 6.45. The number of hydrogen-bond donors (Lipinski definition) is 2. The molecule has 0 saturated carbocycles. The summed E-state index contributed by atoms with van der Waals surface area (Å²) in [5, 5.41) is 19.8. The summed E-state index contributed by atoms with van der Waals surface area (Å²) in [6.07, 6.45) is -3.34. The van der Waals surface area contributed by atoms with Crippen LogP contribution in [0.5, 0.6) is 0 Å². The van der Waals surface area contributed by atoms with Crippen LogP contribution in [-0.2, 0) is 17.5 Å². The van der Waals surface area contributed by atoms with Gasteiger partial charge in [0.15, 0.2) is 5.82 Å². The number of carbonyl (C=O) groups excluding carboxylic acids is 2. The molecule has 17 heteroatoms. The van der Waals surface area contributed by atoms with Crippen molar-refractivity contribution in [2.24, 2.45) is 0 Å². The van der Waals surface area contributed by atoms with E-state index in [0.29, 0.717) is 28.0 Å². The zero-order valence-corrected chi connectivity index (χ0v) is 22.7. The summed E-state index contributed by atoms with van der Waals surface area (Å²) in [4.78, 5) is 31.5. The first-order valence-corrected chi connectivity index (χ1v) is 12.7. The van der Waals surface area contributed by atoms with E-state index in [1.165, 1.54) is 18.3 Å². The number of nitrogens with one attached hydrogen (secondary N) is 2. The molecule has 0 aliphatic carbocycles. The summed E-state index contributed by atoms with van der Waals surface area (Å²) < 4.78 is 45.6. The van der Waals surface area contributed by atoms with Gasteiger partial charge < -0.3 is 15.4 Å². The van der Waals surface area contributed by atoms with E-state index in [9.17, 15) is 22.8 Å². The number of alkyl halides is 3. The van der Waals surface area contributed by atoms with Crippen LogP contribution in [-0.4, -0.2) is 66.0 Å². The van der Waals surface area contributed by atoms with Crippen molar-refractivity contribution in [2.75, 3.05) is 18.5 Å². The van der Waals surface area contributed by atoms with Crippen LogP contribution in [0, 0.1) is 6.92 Å². The van der Waals surface area contributed by atoms with Gasteiger partial charge in [-0.05, 0) is 48.0 Å². The maximum absolute atomic E-state index is 13.6. The summed E-state index contributed by atoms with van der Waals surface area (Å²) in [6, 6.07) is 7.60. The highest BCUT2D eigenvalue weighted by atomic mass is 79.9. The van der Waals surface area contributed by atoms with Gasteiger partial charge in [0.2, 0.25) is 0 Å². The molecule has 0 unspecified atom stereocenters. The first kappa shape index (κ1) is 27.7. The van der Waals surface area contributed by atoms with E-state index in [4.69, 9.17) is 16.3 Å². The summed E-state index contributed by atoms with van der Waals surface area (Å²) in [7, 11) is 0. The first-order valence-electron chi connectivity index (χ1n) is 11.5. The standard InChI is InChI=1S/C23H18BrClF3N9O3/c1-11-5-12(24)6-15(20(38)30-14-9-40-10-14)18(11)31-21(39)17-7-13(8-36-34-22(32-35-36)23(26,27)28)33-37(17)19-16(25)3-2-4-29-19/h2-7,14H,8-10H2,1H3,(H,30,38)(H,31,39). The van der Waals surface area contributed by atoms with E-state index >= 15 is 0 Å². The third kappa shape index (κ3) is 5.83. The number of carbonyl (C=O) groups is 2. The van der Waals surface area contributed by atoms with E-state index in [1.54, 1.807) is 25.1 Å². The zero-order chi connectivity index (χ0) is 28.6. The Morgan fingerprint density at radius 2 is 1.98 bits per heavy atom. The van der Waals surface area contributed by atoms with Gasteiger partial charge in [-0.15, -0.1) is 10.2 Å². The van der Waals surface area contributed by atoms with Crippen molar-refractivity contribution in [1.29, 1.82) is 0 Å². The van der Waals surface area contributed by atoms with E-state index in [2.05, 4.69) is 52.1 Å². The molecule has 4 heterocycles. The molecule has 5 rings (SSSR count). The topological polar surface area (TPSA) is 142 Å². The average molecular weight is 641 g/mol. The maximum Gasteiger partial charge on any atom is 0.455 e. The monoisotopic (exact) mass is 639 g/mol. The molecule has 1 fully saturated rings. The van der Waals surface area contributed by atoms with Gasteiger partial charge in [0.05, 0.1) is 41.2 Å². The highest BCUT2D eigenvalue weighted by Gasteiger charge is 2.37. The smallest absolute Gasteiger partial charge is 0.377 e. The second-order valence-electron chi connectivity index (χ2n) is 8.69. The predicted molar refractivity (Wildman–Crippen MR) is 137 cm³/mol. The quantitative estimate of drug-likeness (QED) is 0.313. The van der Waals surface area contributed by atoms with E-state index in [-0.39, 0.29) is 46.1 Å². The van der Waals surface area contributed by atoms with Gasteiger partial charge in [-0.3, -0.25) is 9.59 Å². The Kier molecular flexibility index (Phi) is 7.57. The lowest BCUT2D eigenvalue weighted by molar-refractivity contribution is -0.145. The Labute approximate surface area is 237 Å². The van der Waals surface area contributed by atoms with Gasteiger partial charge in [0, 0.05) is 10.7 Å². The molecule has 2 N–H and O–H groups in total. The largest absolute Gasteiger partial charge is 0.455 e. The number of nitrogens with zero attached hydrogens (tertiary/aromatic N) is 7. The number of ether oxygens (including phenoxy) is 1. The molecule has 1 aromatic carbocycles. The van der Waals surface area contributed by atoms with Gasteiger partial charge in [0.1, 0.15) is 12.2 Å². The SMILES string of the molecule is Cc1cc(Br)cc(C(=O)NC2COC2)c1NC(=O)c1cc(Cn2nnc(C(F)(F)F)n2)nn1-c1ncccc1Cl. The first-order chi connectivity index (χ1) is 19.0. The van der Waals surface area contributed by atoms with Crippen LogP contribution in [0.25, 0.3) is 5.82 Å². The van der Waals surface area contributed by atoms with Crippen molar-refractivity contribution >= 4 is 45.0 Å². The molecule has 0 atom stereocenters. The van der Waals surface area contributed by atoms with Crippen LogP contribution in [0.1, 0.15) is 37.9 Å². The van der Waals surface area contributed by atoms with E-state index in [0.717, 1.165) is 4.68 Å². The minimum absolute atomic E-state index is 0.0622. The van der Waals surface area contributed by atoms with Gasteiger partial charge >= 0.3 is 6.18 Å². The molecule has 3 aromatic heterocycles. The number of amides is 2. The van der Waals surface area contributed by atoms with Crippen LogP contribution >= 0.6 is 27.5 Å². The van der Waals surface area contributed by atoms with Crippen LogP contribution in [0.2, 0.25) is 5.02 Å². The fourth-order valence-corrected chi connectivity index (χ4v) is 4.55. The molecule has 1 aliphatic rings. The second kappa shape index (κ2) is 10.9. The molecule has 208 valence electrons. The maximum atomic E-state index is 13.6. The molecule has 0 bridgehead atoms. The summed E-state index contributed by atoms with van der Waals surface area (Å²) >= 11 is 9.69. The number of aromatic nitrogens is 7. The number of anilines is 1. The molecule has 2 amide bonds. The third-order valence-electron chi connectivity index (χ3n) is 5.70. The number of tetrazole rings is 1. The fraction of sp³-hybridized carbons (Fsp3) is 0.261. The molecular formula is C23H18BrClF3N9O3. The van der Waals surface area contributed by atoms with Gasteiger partial charge in [-0.25, -0.2) is 9.67 Å². The van der Waals surface area contributed by atoms with Gasteiger partial charge in [0.25, 0.3) is 17.6 Å². The predicted octanol–water partition coefficient (Wildman–Crippen LogP) is 3.43. The average Bonchev–Trinajstić information content (AvgIpc) is 3.51. The number of rotatable bonds is 7. The summed E-state index contributed by atoms with van der Waals surface area (Å²) in [5.41, 5.74) is 1.11. The van der Waals surface area contributed by atoms with Crippen molar-refractivity contribution in [2.45, 2.75) is 25.7 Å². The highest BCUT2D eigenvalue weighted by molar-refractivity contribution is 9.10. The second-order valence-corrected chi connectivity index (χ2v) is 10.0. The number of pyridine rings is 1. The number of aryl methyl sites for hydroxylation is 1. The zero-order valence-electron chi connectivity index (χ0n) is 20.4. The molecule has 1 aliphatic heterocycles. The Morgan fingerprint density at radius 3 is 2.62 bits per heavy atom. The van der Waals surface area contributed by atoms with Crippen molar-refractivity contribution in [3.05, 3.63) is 74.4 Å². The number of halogens is 5. The van der Waals surface area contributed by atoms with Crippen LogP contribution in [0.4, 0.5) is 18.9 Å². The van der Waals surface area contributed by atoms with Crippen molar-refractivity contribution in [3.8, 4) is 5.82 Å². The number of hydrogen-bond acceptors (Lipinski definition) is 8. The molecular weight excluding hydrogens is 623 g/mol. The van der Waals surface area contributed by atoms with Crippen molar-refractivity contribution < 1.29 is 27.5 Å². The van der Waals surface area contributed by atoms with Crippen LogP contribution < -0.4 is 10.6 Å². The van der Waals surface area contributed by atoms with E-state index < -0.39 is 23.8 Å². The molecule has 0 spiro atoms. The molecule has 12 nitrogen and oxygen atoms in total. The Bertz CT molecular complexity index is 1600. The lowest BCUT2D eigenvalue weighted by Gasteiger charge is -2.27. The minimum atomic E-state index is -4.78. The fourth-order valence-electron chi connectivity index (χ4n) is 3.78. The normalized spacial score (nSPS) is 13.7. The lowest BCUT2D eigenvalue weighted by atomic mass is 10.1. The Balaban J connectivity index is 1.50. The van der Waals surface area contributed by atoms with Gasteiger partial charge in [-0.1, -0.05) is 27.5 Å². The van der Waals surface area contributed by atoms with Crippen molar-refractivity contribution in [1.82, 2.24) is 40.3 Å². The van der Waals surface area contributed by atoms with Crippen LogP contribution in [0.3, 0.4) is 0 Å². The van der Waals surface area contributed by atoms with E-state index in [1.807, 2.05) is 0 Å². The van der Waals surface area contributed by atoms with Gasteiger partial charge in [-0.2, -0.15) is 23.1 Å². The molecule has 0 radical (unpaired) electrons. The Hall–Kier alpha value is -3.89. The van der Waals surface area contributed by atoms with Crippen LogP contribution in [0.15, 0.2) is 41.0 Å². The highest BCUT2D eigenvalue weighted by Crippen LogP contribution is 2.28. The van der Waals surface area contributed by atoms with Crippen molar-refractivity contribution in [3.63, 3.8) is 0 Å². The Morgan fingerprint density at radius 1 is 1.20 bits per heavy atom. The lowest BCUT2D eigenvalue weighted by Crippen LogP contribution is -2.48. The minimum Gasteiger partial charge on any atom is -0.377 e. The molecule has 1 saturated heterocycles. The molecule has 4 aromatic rings. The summed E-state index contributed by atoms with van der Waals surface area (Å²) in [5.74, 6) is -2.41. The molecule has 40 heavy (non-hydrogen) atoms.